The molecule has 22 heavy (non-hydrogen) atoms. The topological polar surface area (TPSA) is 79.4 Å². The summed E-state index contributed by atoms with van der Waals surface area (Å²) in [7, 11) is 0. The molecule has 0 bridgehead atoms. The number of ether oxygens (including phenoxy) is 1. The maximum atomic E-state index is 12.0. The second kappa shape index (κ2) is 8.81. The maximum Gasteiger partial charge on any atom is 0.420 e. The third kappa shape index (κ3) is 4.58. The number of nitrogens with zero attached hydrogens (tertiary/aromatic N) is 1. The van der Waals surface area contributed by atoms with Crippen molar-refractivity contribution in [1.29, 1.82) is 5.41 Å². The van der Waals surface area contributed by atoms with Crippen LogP contribution >= 0.6 is 12.4 Å². The lowest BCUT2D eigenvalue weighted by Gasteiger charge is -2.17. The number of carbonyl (C=O) groups excluding carboxylic acids is 1. The molecule has 0 aliphatic rings. The smallest absolute Gasteiger partial charge is 0.420 e. The predicted octanol–water partition coefficient (Wildman–Crippen LogP) is 3.32. The minimum atomic E-state index is -0.589. The summed E-state index contributed by atoms with van der Waals surface area (Å²) in [6.07, 6.45) is 0.347. The zero-order chi connectivity index (χ0) is 15.1. The zero-order valence-electron chi connectivity index (χ0n) is 11.9. The van der Waals surface area contributed by atoms with Gasteiger partial charge in [-0.15, -0.1) is 12.4 Å². The first-order valence-electron chi connectivity index (χ1n) is 6.54. The van der Waals surface area contributed by atoms with Crippen LogP contribution in [0.5, 0.6) is 0 Å². The van der Waals surface area contributed by atoms with Gasteiger partial charge < -0.3 is 10.5 Å². The summed E-state index contributed by atoms with van der Waals surface area (Å²) in [4.78, 5) is 13.2. The molecule has 0 aliphatic carbocycles. The second-order valence-corrected chi connectivity index (χ2v) is 4.41. The Labute approximate surface area is 135 Å². The van der Waals surface area contributed by atoms with Crippen molar-refractivity contribution in [3.63, 3.8) is 0 Å². The largest absolute Gasteiger partial charge is 0.444 e. The van der Waals surface area contributed by atoms with Crippen LogP contribution in [0.1, 0.15) is 11.1 Å². The van der Waals surface area contributed by atoms with Crippen LogP contribution in [-0.2, 0) is 17.9 Å². The van der Waals surface area contributed by atoms with E-state index in [4.69, 9.17) is 15.9 Å². The van der Waals surface area contributed by atoms with E-state index in [0.717, 1.165) is 22.4 Å². The molecule has 5 nitrogen and oxygen atoms in total. The van der Waals surface area contributed by atoms with Gasteiger partial charge in [0.2, 0.25) is 0 Å². The Morgan fingerprint density at radius 3 is 2.27 bits per heavy atom. The first kappa shape index (κ1) is 17.7. The number of halogens is 1. The van der Waals surface area contributed by atoms with Crippen LogP contribution in [0, 0.1) is 5.41 Å². The average Bonchev–Trinajstić information content (AvgIpc) is 2.55. The van der Waals surface area contributed by atoms with Crippen molar-refractivity contribution in [2.75, 3.05) is 4.90 Å². The SMILES string of the molecule is Cl.N=CN(C(=O)OCc1ccccc1)c1ccc(CN)cc1. The molecule has 2 aromatic rings. The molecule has 3 N–H and O–H groups in total. The number of amides is 1. The van der Waals surface area contributed by atoms with Gasteiger partial charge in [-0.25, -0.2) is 9.69 Å². The molecular weight excluding hydrogens is 302 g/mol. The van der Waals surface area contributed by atoms with E-state index >= 15 is 0 Å². The van der Waals surface area contributed by atoms with Gasteiger partial charge in [0.1, 0.15) is 6.61 Å². The number of nitrogens with one attached hydrogen (secondary N) is 1. The van der Waals surface area contributed by atoms with Crippen LogP contribution < -0.4 is 10.6 Å². The fourth-order valence-corrected chi connectivity index (χ4v) is 1.81. The number of anilines is 1. The first-order chi connectivity index (χ1) is 10.2. The quantitative estimate of drug-likeness (QED) is 0.655. The molecule has 0 saturated carbocycles. The van der Waals surface area contributed by atoms with E-state index in [2.05, 4.69) is 0 Å². The lowest BCUT2D eigenvalue weighted by Crippen LogP contribution is -2.29. The number of carbonyl (C=O) groups is 1. The first-order valence-corrected chi connectivity index (χ1v) is 6.54. The highest BCUT2D eigenvalue weighted by atomic mass is 35.5. The zero-order valence-corrected chi connectivity index (χ0v) is 12.8. The summed E-state index contributed by atoms with van der Waals surface area (Å²) in [5.41, 5.74) is 7.96. The van der Waals surface area contributed by atoms with E-state index < -0.39 is 6.09 Å². The highest BCUT2D eigenvalue weighted by Crippen LogP contribution is 2.15. The van der Waals surface area contributed by atoms with Crippen molar-refractivity contribution in [2.24, 2.45) is 5.73 Å². The van der Waals surface area contributed by atoms with Crippen molar-refractivity contribution in [3.8, 4) is 0 Å². The summed E-state index contributed by atoms with van der Waals surface area (Å²) in [6, 6.07) is 16.5. The maximum absolute atomic E-state index is 12.0. The summed E-state index contributed by atoms with van der Waals surface area (Å²) < 4.78 is 5.20. The van der Waals surface area contributed by atoms with E-state index in [9.17, 15) is 4.79 Å². The van der Waals surface area contributed by atoms with E-state index in [-0.39, 0.29) is 19.0 Å². The molecule has 0 aliphatic heterocycles. The molecule has 0 atom stereocenters. The van der Waals surface area contributed by atoms with Crippen molar-refractivity contribution >= 4 is 30.5 Å². The molecule has 2 aromatic carbocycles. The molecule has 1 amide bonds. The number of hydrogen-bond donors (Lipinski definition) is 2. The highest BCUT2D eigenvalue weighted by Gasteiger charge is 2.15. The van der Waals surface area contributed by atoms with E-state index in [1.54, 1.807) is 12.1 Å². The Morgan fingerprint density at radius 2 is 1.73 bits per heavy atom. The summed E-state index contributed by atoms with van der Waals surface area (Å²) in [6.45, 7) is 0.605. The molecule has 0 saturated heterocycles. The molecule has 2 rings (SSSR count). The minimum Gasteiger partial charge on any atom is -0.444 e. The number of nitrogens with two attached hydrogens (primary N) is 1. The number of benzene rings is 2. The van der Waals surface area contributed by atoms with Crippen LogP contribution in [0.2, 0.25) is 0 Å². The molecule has 0 heterocycles. The fourth-order valence-electron chi connectivity index (χ4n) is 1.81. The van der Waals surface area contributed by atoms with Crippen molar-refractivity contribution < 1.29 is 9.53 Å². The Morgan fingerprint density at radius 1 is 1.09 bits per heavy atom. The standard InChI is InChI=1S/C16H17N3O2.ClH/c17-10-13-6-8-15(9-7-13)19(12-18)16(20)21-11-14-4-2-1-3-5-14;/h1-9,12,18H,10-11,17H2;1H. The van der Waals surface area contributed by atoms with Crippen LogP contribution in [0.25, 0.3) is 0 Å². The van der Waals surface area contributed by atoms with E-state index in [1.165, 1.54) is 0 Å². The molecule has 0 fully saturated rings. The third-order valence-electron chi connectivity index (χ3n) is 2.98. The Bertz CT molecular complexity index is 603. The Kier molecular flexibility index (Phi) is 7.08. The molecule has 0 radical (unpaired) electrons. The highest BCUT2D eigenvalue weighted by molar-refractivity contribution is 6.03. The van der Waals surface area contributed by atoms with Gasteiger partial charge in [0.25, 0.3) is 0 Å². The molecular formula is C16H18ClN3O2. The fraction of sp³-hybridized carbons (Fsp3) is 0.125. The summed E-state index contributed by atoms with van der Waals surface area (Å²) in [5, 5.41) is 7.38. The van der Waals surface area contributed by atoms with Crippen LogP contribution in [0.3, 0.4) is 0 Å². The Hall–Kier alpha value is -2.37. The van der Waals surface area contributed by atoms with Gasteiger partial charge in [-0.05, 0) is 23.3 Å². The van der Waals surface area contributed by atoms with Crippen molar-refractivity contribution in [3.05, 3.63) is 65.7 Å². The van der Waals surface area contributed by atoms with Crippen molar-refractivity contribution in [1.82, 2.24) is 0 Å². The monoisotopic (exact) mass is 319 g/mol. The van der Waals surface area contributed by atoms with Gasteiger partial charge in [0, 0.05) is 6.54 Å². The van der Waals surface area contributed by atoms with Gasteiger partial charge in [-0.2, -0.15) is 0 Å². The van der Waals surface area contributed by atoms with Gasteiger partial charge in [-0.3, -0.25) is 5.41 Å². The van der Waals surface area contributed by atoms with Crippen LogP contribution in [-0.4, -0.2) is 12.4 Å². The summed E-state index contributed by atoms with van der Waals surface area (Å²) >= 11 is 0. The van der Waals surface area contributed by atoms with Gasteiger partial charge in [0.05, 0.1) is 12.0 Å². The van der Waals surface area contributed by atoms with Gasteiger partial charge in [0.15, 0.2) is 0 Å². The predicted molar refractivity (Wildman–Crippen MR) is 89.5 cm³/mol. The molecule has 116 valence electrons. The minimum absolute atomic E-state index is 0. The van der Waals surface area contributed by atoms with Crippen LogP contribution in [0.15, 0.2) is 54.6 Å². The second-order valence-electron chi connectivity index (χ2n) is 4.41. The third-order valence-corrected chi connectivity index (χ3v) is 2.98. The van der Waals surface area contributed by atoms with Crippen LogP contribution in [0.4, 0.5) is 10.5 Å². The van der Waals surface area contributed by atoms with Gasteiger partial charge >= 0.3 is 6.09 Å². The van der Waals surface area contributed by atoms with E-state index in [1.807, 2.05) is 42.5 Å². The molecule has 0 unspecified atom stereocenters. The molecule has 0 spiro atoms. The average molecular weight is 320 g/mol. The number of hydrogen-bond acceptors (Lipinski definition) is 4. The number of rotatable bonds is 5. The molecule has 6 heteroatoms. The van der Waals surface area contributed by atoms with Crippen molar-refractivity contribution in [2.45, 2.75) is 13.2 Å². The summed E-state index contributed by atoms with van der Waals surface area (Å²) in [5.74, 6) is 0. The van der Waals surface area contributed by atoms with E-state index in [0.29, 0.717) is 12.2 Å². The van der Waals surface area contributed by atoms with Gasteiger partial charge in [-0.1, -0.05) is 42.5 Å². The Balaban J connectivity index is 0.00000242. The lowest BCUT2D eigenvalue weighted by atomic mass is 10.2. The normalized spacial score (nSPS) is 9.50. The lowest BCUT2D eigenvalue weighted by molar-refractivity contribution is 0.151. The molecule has 0 aromatic heterocycles.